The Bertz CT molecular complexity index is 763. The van der Waals surface area contributed by atoms with E-state index in [1.54, 1.807) is 7.11 Å². The zero-order valence-electron chi connectivity index (χ0n) is 15.2. The summed E-state index contributed by atoms with van der Waals surface area (Å²) in [5.74, 6) is 0.829. The highest BCUT2D eigenvalue weighted by Crippen LogP contribution is 2.20. The van der Waals surface area contributed by atoms with E-state index in [0.29, 0.717) is 16.8 Å². The molecule has 0 radical (unpaired) electrons. The lowest BCUT2D eigenvalue weighted by atomic mass is 10.1. The van der Waals surface area contributed by atoms with Crippen LogP contribution in [0, 0.1) is 6.92 Å². The smallest absolute Gasteiger partial charge is 0.189 e. The number of hydrazine groups is 1. The van der Waals surface area contributed by atoms with Gasteiger partial charge in [0.05, 0.1) is 7.11 Å². The number of para-hydroxylation sites is 1. The lowest BCUT2D eigenvalue weighted by Crippen LogP contribution is -2.48. The maximum atomic E-state index is 5.34. The van der Waals surface area contributed by atoms with E-state index in [4.69, 9.17) is 29.2 Å². The molecule has 0 amide bonds. The number of anilines is 1. The lowest BCUT2D eigenvalue weighted by molar-refractivity contribution is 0.414. The van der Waals surface area contributed by atoms with Crippen molar-refractivity contribution in [1.82, 2.24) is 16.2 Å². The molecule has 26 heavy (non-hydrogen) atoms. The molecule has 0 saturated heterocycles. The number of thiocarbonyl (C=S) groups is 2. The topological polar surface area (TPSA) is 57.3 Å². The van der Waals surface area contributed by atoms with Crippen molar-refractivity contribution >= 4 is 40.3 Å². The van der Waals surface area contributed by atoms with Gasteiger partial charge in [-0.25, -0.2) is 0 Å². The fourth-order valence-electron chi connectivity index (χ4n) is 2.43. The first-order valence-corrected chi connectivity index (χ1v) is 9.17. The van der Waals surface area contributed by atoms with Crippen molar-refractivity contribution in [3.63, 3.8) is 0 Å². The van der Waals surface area contributed by atoms with Gasteiger partial charge in [0.2, 0.25) is 0 Å². The summed E-state index contributed by atoms with van der Waals surface area (Å²) in [5, 5.41) is 7.27. The van der Waals surface area contributed by atoms with Crippen LogP contribution in [0.25, 0.3) is 0 Å². The molecule has 7 heteroatoms. The minimum absolute atomic E-state index is 0.461. The Morgan fingerprint density at radius 3 is 2.35 bits per heavy atom. The predicted octanol–water partition coefficient (Wildman–Crippen LogP) is 3.43. The average molecular weight is 389 g/mol. The Morgan fingerprint density at radius 1 is 1.00 bits per heavy atom. The van der Waals surface area contributed by atoms with Gasteiger partial charge in [0.15, 0.2) is 10.2 Å². The summed E-state index contributed by atoms with van der Waals surface area (Å²) >= 11 is 10.6. The maximum Gasteiger partial charge on any atom is 0.189 e. The van der Waals surface area contributed by atoms with Gasteiger partial charge in [-0.1, -0.05) is 37.3 Å². The summed E-state index contributed by atoms with van der Waals surface area (Å²) in [6, 6.07) is 14.0. The maximum absolute atomic E-state index is 5.34. The van der Waals surface area contributed by atoms with Crippen molar-refractivity contribution in [2.45, 2.75) is 26.8 Å². The van der Waals surface area contributed by atoms with Gasteiger partial charge in [-0.3, -0.25) is 10.9 Å². The van der Waals surface area contributed by atoms with Crippen molar-refractivity contribution in [1.29, 1.82) is 0 Å². The van der Waals surface area contributed by atoms with E-state index in [2.05, 4.69) is 47.5 Å². The van der Waals surface area contributed by atoms with E-state index in [0.717, 1.165) is 29.0 Å². The van der Waals surface area contributed by atoms with E-state index >= 15 is 0 Å². The number of hydrogen-bond acceptors (Lipinski definition) is 3. The Kier molecular flexibility index (Phi) is 7.62. The third-order valence-corrected chi connectivity index (χ3v) is 4.33. The summed E-state index contributed by atoms with van der Waals surface area (Å²) in [5.41, 5.74) is 10.3. The molecule has 0 aliphatic heterocycles. The fraction of sp³-hybridized carbons (Fsp3) is 0.263. The molecule has 0 fully saturated rings. The normalized spacial score (nSPS) is 9.96. The standard InChI is InChI=1S/C19H24N4OS2/c1-4-15-7-5-6-13(2)17(15)21-19(26)23-22-18(25)20-12-14-8-10-16(24-3)11-9-14/h5-11H,4,12H2,1-3H3,(H2,20,22,25)(H2,21,23,26). The first-order chi connectivity index (χ1) is 12.5. The Labute approximate surface area is 165 Å². The minimum atomic E-state index is 0.461. The second-order valence-electron chi connectivity index (χ2n) is 5.70. The molecular weight excluding hydrogens is 364 g/mol. The van der Waals surface area contributed by atoms with Crippen LogP contribution in [0.3, 0.4) is 0 Å². The van der Waals surface area contributed by atoms with Gasteiger partial charge < -0.3 is 15.4 Å². The Hall–Kier alpha value is -2.38. The molecule has 5 nitrogen and oxygen atoms in total. The highest BCUT2D eigenvalue weighted by molar-refractivity contribution is 7.80. The number of nitrogens with one attached hydrogen (secondary N) is 4. The quantitative estimate of drug-likeness (QED) is 0.462. The van der Waals surface area contributed by atoms with Crippen molar-refractivity contribution in [2.24, 2.45) is 0 Å². The van der Waals surface area contributed by atoms with Crippen LogP contribution in [0.2, 0.25) is 0 Å². The third kappa shape index (κ3) is 5.86. The van der Waals surface area contributed by atoms with E-state index in [9.17, 15) is 0 Å². The molecule has 0 unspecified atom stereocenters. The van der Waals surface area contributed by atoms with Gasteiger partial charge in [0.25, 0.3) is 0 Å². The molecule has 0 spiro atoms. The van der Waals surface area contributed by atoms with E-state index in [-0.39, 0.29) is 0 Å². The summed E-state index contributed by atoms with van der Waals surface area (Å²) in [7, 11) is 1.65. The van der Waals surface area contributed by atoms with Crippen LogP contribution in [0.4, 0.5) is 5.69 Å². The number of methoxy groups -OCH3 is 1. The average Bonchev–Trinajstić information content (AvgIpc) is 2.66. The molecule has 0 aliphatic rings. The van der Waals surface area contributed by atoms with E-state index in [1.807, 2.05) is 30.3 Å². The zero-order chi connectivity index (χ0) is 18.9. The van der Waals surface area contributed by atoms with Crippen LogP contribution < -0.4 is 26.2 Å². The molecule has 0 aromatic heterocycles. The molecule has 2 aromatic rings. The highest BCUT2D eigenvalue weighted by Gasteiger charge is 2.06. The van der Waals surface area contributed by atoms with Crippen molar-refractivity contribution in [2.75, 3.05) is 12.4 Å². The first kappa shape index (κ1) is 19.9. The van der Waals surface area contributed by atoms with E-state index < -0.39 is 0 Å². The zero-order valence-corrected chi connectivity index (χ0v) is 16.8. The number of benzene rings is 2. The van der Waals surface area contributed by atoms with Crippen molar-refractivity contribution in [3.05, 3.63) is 59.2 Å². The summed E-state index contributed by atoms with van der Waals surface area (Å²) in [6.45, 7) is 4.78. The largest absolute Gasteiger partial charge is 0.497 e. The molecule has 138 valence electrons. The minimum Gasteiger partial charge on any atom is -0.497 e. The van der Waals surface area contributed by atoms with E-state index in [1.165, 1.54) is 5.56 Å². The molecular formula is C19H24N4OS2. The van der Waals surface area contributed by atoms with Crippen LogP contribution in [-0.4, -0.2) is 17.3 Å². The number of ether oxygens (including phenoxy) is 1. The molecule has 0 saturated carbocycles. The highest BCUT2D eigenvalue weighted by atomic mass is 32.1. The SMILES string of the molecule is CCc1cccc(C)c1NC(=S)NNC(=S)NCc1ccc(OC)cc1. The number of rotatable bonds is 5. The van der Waals surface area contributed by atoms with Gasteiger partial charge in [0.1, 0.15) is 5.75 Å². The fourth-order valence-corrected chi connectivity index (χ4v) is 2.71. The molecule has 0 heterocycles. The molecule has 4 N–H and O–H groups in total. The molecule has 2 aromatic carbocycles. The number of hydrogen-bond donors (Lipinski definition) is 4. The second-order valence-corrected chi connectivity index (χ2v) is 6.51. The molecule has 0 bridgehead atoms. The lowest BCUT2D eigenvalue weighted by Gasteiger charge is -2.17. The summed E-state index contributed by atoms with van der Waals surface area (Å²) < 4.78 is 5.14. The van der Waals surface area contributed by atoms with Gasteiger partial charge >= 0.3 is 0 Å². The van der Waals surface area contributed by atoms with Crippen LogP contribution in [-0.2, 0) is 13.0 Å². The van der Waals surface area contributed by atoms with Crippen LogP contribution in [0.5, 0.6) is 5.75 Å². The van der Waals surface area contributed by atoms with Crippen LogP contribution in [0.15, 0.2) is 42.5 Å². The van der Waals surface area contributed by atoms with Crippen molar-refractivity contribution < 1.29 is 4.74 Å². The van der Waals surface area contributed by atoms with Gasteiger partial charge in [-0.15, -0.1) is 0 Å². The second kappa shape index (κ2) is 9.94. The third-order valence-electron chi connectivity index (χ3n) is 3.88. The van der Waals surface area contributed by atoms with Crippen LogP contribution in [0.1, 0.15) is 23.6 Å². The summed E-state index contributed by atoms with van der Waals surface area (Å²) in [6.07, 6.45) is 0.932. The van der Waals surface area contributed by atoms with Gasteiger partial charge in [-0.2, -0.15) is 0 Å². The van der Waals surface area contributed by atoms with Gasteiger partial charge in [0, 0.05) is 12.2 Å². The Morgan fingerprint density at radius 2 is 1.69 bits per heavy atom. The first-order valence-electron chi connectivity index (χ1n) is 8.35. The molecule has 0 aliphatic carbocycles. The van der Waals surface area contributed by atoms with Crippen LogP contribution >= 0.6 is 24.4 Å². The monoisotopic (exact) mass is 388 g/mol. The molecule has 0 atom stereocenters. The van der Waals surface area contributed by atoms with Gasteiger partial charge in [-0.05, 0) is 66.6 Å². The molecule has 2 rings (SSSR count). The number of aryl methyl sites for hydroxylation is 2. The predicted molar refractivity (Wildman–Crippen MR) is 115 cm³/mol. The summed E-state index contributed by atoms with van der Waals surface area (Å²) in [4.78, 5) is 0. The Balaban J connectivity index is 1.79. The van der Waals surface area contributed by atoms with Crippen molar-refractivity contribution in [3.8, 4) is 5.75 Å².